The zero-order chi connectivity index (χ0) is 14.7. The molecule has 0 fully saturated rings. The van der Waals surface area contributed by atoms with Gasteiger partial charge in [0.1, 0.15) is 11.6 Å². The van der Waals surface area contributed by atoms with Crippen LogP contribution in [0.15, 0.2) is 41.3 Å². The van der Waals surface area contributed by atoms with Gasteiger partial charge in [0.2, 0.25) is 0 Å². The van der Waals surface area contributed by atoms with Crippen molar-refractivity contribution in [1.29, 1.82) is 5.26 Å². The highest BCUT2D eigenvalue weighted by molar-refractivity contribution is 6.30. The van der Waals surface area contributed by atoms with E-state index in [0.29, 0.717) is 5.02 Å². The molecule has 1 aromatic heterocycles. The summed E-state index contributed by atoms with van der Waals surface area (Å²) in [7, 11) is 0. The molecule has 0 radical (unpaired) electrons. The molecular weight excluding hydrogens is 282 g/mol. The van der Waals surface area contributed by atoms with Crippen LogP contribution in [-0.2, 0) is 6.54 Å². The zero-order valence-corrected chi connectivity index (χ0v) is 10.9. The van der Waals surface area contributed by atoms with E-state index < -0.39 is 10.5 Å². The van der Waals surface area contributed by atoms with Crippen LogP contribution in [0.5, 0.6) is 0 Å². The number of nitro groups is 1. The van der Waals surface area contributed by atoms with Crippen LogP contribution in [0.3, 0.4) is 0 Å². The summed E-state index contributed by atoms with van der Waals surface area (Å²) in [5.74, 6) is 0. The van der Waals surface area contributed by atoms with E-state index in [-0.39, 0.29) is 17.8 Å². The molecule has 0 aliphatic heterocycles. The van der Waals surface area contributed by atoms with Crippen LogP contribution in [0.25, 0.3) is 0 Å². The molecule has 6 nitrogen and oxygen atoms in total. The first kappa shape index (κ1) is 13.8. The summed E-state index contributed by atoms with van der Waals surface area (Å²) >= 11 is 5.76. The third kappa shape index (κ3) is 2.84. The molecule has 0 N–H and O–H groups in total. The molecule has 1 heterocycles. The molecule has 20 heavy (non-hydrogen) atoms. The Kier molecular flexibility index (Phi) is 3.82. The van der Waals surface area contributed by atoms with Gasteiger partial charge in [-0.3, -0.25) is 14.9 Å². The van der Waals surface area contributed by atoms with Crippen LogP contribution < -0.4 is 5.56 Å². The molecule has 0 amide bonds. The van der Waals surface area contributed by atoms with Crippen molar-refractivity contribution in [2.24, 2.45) is 0 Å². The van der Waals surface area contributed by atoms with Crippen LogP contribution in [0.2, 0.25) is 5.02 Å². The molecule has 2 aromatic rings. The average molecular weight is 290 g/mol. The van der Waals surface area contributed by atoms with Gasteiger partial charge >= 0.3 is 0 Å². The molecule has 0 saturated carbocycles. The Labute approximate surface area is 118 Å². The van der Waals surface area contributed by atoms with Gasteiger partial charge in [0.15, 0.2) is 0 Å². The fraction of sp³-hybridized carbons (Fsp3) is 0.0769. The van der Waals surface area contributed by atoms with Crippen molar-refractivity contribution < 1.29 is 4.92 Å². The number of halogens is 1. The second kappa shape index (κ2) is 5.55. The smallest absolute Gasteiger partial charge is 0.287 e. The third-order valence-corrected chi connectivity index (χ3v) is 2.92. The topological polar surface area (TPSA) is 88.9 Å². The summed E-state index contributed by atoms with van der Waals surface area (Å²) in [5.41, 5.74) is -0.364. The molecule has 0 atom stereocenters. The monoisotopic (exact) mass is 289 g/mol. The van der Waals surface area contributed by atoms with Gasteiger partial charge in [0, 0.05) is 11.1 Å². The highest BCUT2D eigenvalue weighted by Gasteiger charge is 2.13. The van der Waals surface area contributed by atoms with Crippen molar-refractivity contribution in [3.8, 4) is 6.07 Å². The van der Waals surface area contributed by atoms with E-state index in [9.17, 15) is 14.9 Å². The zero-order valence-electron chi connectivity index (χ0n) is 10.1. The Bertz CT molecular complexity index is 760. The van der Waals surface area contributed by atoms with E-state index in [4.69, 9.17) is 16.9 Å². The van der Waals surface area contributed by atoms with Crippen molar-refractivity contribution in [2.75, 3.05) is 0 Å². The highest BCUT2D eigenvalue weighted by Crippen LogP contribution is 2.13. The van der Waals surface area contributed by atoms with Gasteiger partial charge in [-0.2, -0.15) is 5.26 Å². The van der Waals surface area contributed by atoms with Gasteiger partial charge in [-0.15, -0.1) is 0 Å². The van der Waals surface area contributed by atoms with Crippen LogP contribution in [-0.4, -0.2) is 9.49 Å². The van der Waals surface area contributed by atoms with Gasteiger partial charge in [-0.25, -0.2) is 0 Å². The number of pyridine rings is 1. The van der Waals surface area contributed by atoms with Crippen molar-refractivity contribution in [3.63, 3.8) is 0 Å². The van der Waals surface area contributed by atoms with E-state index in [2.05, 4.69) is 0 Å². The maximum absolute atomic E-state index is 11.9. The number of hydrogen-bond donors (Lipinski definition) is 0. The van der Waals surface area contributed by atoms with E-state index in [0.717, 1.165) is 22.4 Å². The summed E-state index contributed by atoms with van der Waals surface area (Å²) in [6.07, 6.45) is 1.12. The average Bonchev–Trinajstić information content (AvgIpc) is 2.43. The molecule has 2 rings (SSSR count). The number of aromatic nitrogens is 1. The second-order valence-electron chi connectivity index (χ2n) is 4.04. The number of benzene rings is 1. The normalized spacial score (nSPS) is 10.0. The first-order valence-electron chi connectivity index (χ1n) is 5.54. The predicted octanol–water partition coefficient (Wildman–Crippen LogP) is 2.33. The van der Waals surface area contributed by atoms with Crippen LogP contribution in [0.1, 0.15) is 11.1 Å². The first-order valence-corrected chi connectivity index (χ1v) is 5.92. The molecule has 0 unspecified atom stereocenters. The Morgan fingerprint density at radius 3 is 2.55 bits per heavy atom. The van der Waals surface area contributed by atoms with Crippen molar-refractivity contribution >= 4 is 17.3 Å². The highest BCUT2D eigenvalue weighted by atomic mass is 35.5. The third-order valence-electron chi connectivity index (χ3n) is 2.67. The van der Waals surface area contributed by atoms with Gasteiger partial charge < -0.3 is 4.57 Å². The Morgan fingerprint density at radius 1 is 1.35 bits per heavy atom. The molecule has 7 heteroatoms. The lowest BCUT2D eigenvalue weighted by atomic mass is 10.2. The minimum atomic E-state index is -0.640. The second-order valence-corrected chi connectivity index (χ2v) is 4.48. The molecule has 0 bridgehead atoms. The summed E-state index contributed by atoms with van der Waals surface area (Å²) in [4.78, 5) is 22.1. The maximum Gasteiger partial charge on any atom is 0.287 e. The molecular formula is C13H8ClN3O3. The van der Waals surface area contributed by atoms with Crippen molar-refractivity contribution in [1.82, 2.24) is 4.57 Å². The minimum Gasteiger partial charge on any atom is -0.303 e. The number of nitrogens with zero attached hydrogens (tertiary/aromatic N) is 3. The van der Waals surface area contributed by atoms with Gasteiger partial charge in [0.05, 0.1) is 17.7 Å². The van der Waals surface area contributed by atoms with Gasteiger partial charge in [0.25, 0.3) is 11.2 Å². The molecule has 0 aliphatic rings. The molecule has 0 saturated heterocycles. The van der Waals surface area contributed by atoms with E-state index in [1.807, 2.05) is 0 Å². The lowest BCUT2D eigenvalue weighted by molar-refractivity contribution is -0.385. The summed E-state index contributed by atoms with van der Waals surface area (Å²) in [5, 5.41) is 20.2. The van der Waals surface area contributed by atoms with E-state index in [1.165, 1.54) is 0 Å². The molecule has 100 valence electrons. The van der Waals surface area contributed by atoms with Crippen molar-refractivity contribution in [2.45, 2.75) is 6.54 Å². The molecule has 0 spiro atoms. The molecule has 0 aliphatic carbocycles. The first-order chi connectivity index (χ1) is 9.51. The van der Waals surface area contributed by atoms with Crippen molar-refractivity contribution in [3.05, 3.63) is 73.1 Å². The minimum absolute atomic E-state index is 0.131. The lowest BCUT2D eigenvalue weighted by Gasteiger charge is -2.06. The van der Waals surface area contributed by atoms with E-state index in [1.54, 1.807) is 30.3 Å². The quantitative estimate of drug-likeness (QED) is 0.640. The SMILES string of the molecule is N#Cc1cc([N+](=O)[O-])cn(Cc2ccc(Cl)cc2)c1=O. The Hall–Kier alpha value is -2.65. The van der Waals surface area contributed by atoms with Crippen LogP contribution in [0.4, 0.5) is 5.69 Å². The number of hydrogen-bond acceptors (Lipinski definition) is 4. The summed E-state index contributed by atoms with van der Waals surface area (Å²) < 4.78 is 1.14. The Morgan fingerprint density at radius 2 is 2.00 bits per heavy atom. The van der Waals surface area contributed by atoms with Crippen LogP contribution >= 0.6 is 11.6 Å². The van der Waals surface area contributed by atoms with Crippen LogP contribution in [0, 0.1) is 21.4 Å². The van der Waals surface area contributed by atoms with E-state index >= 15 is 0 Å². The van der Waals surface area contributed by atoms with Gasteiger partial charge in [-0.1, -0.05) is 23.7 Å². The lowest BCUT2D eigenvalue weighted by Crippen LogP contribution is -2.23. The number of nitriles is 1. The largest absolute Gasteiger partial charge is 0.303 e. The Balaban J connectivity index is 2.48. The fourth-order valence-corrected chi connectivity index (χ4v) is 1.83. The summed E-state index contributed by atoms with van der Waals surface area (Å²) in [6.45, 7) is 0.131. The summed E-state index contributed by atoms with van der Waals surface area (Å²) in [6, 6.07) is 9.37. The van der Waals surface area contributed by atoms with Gasteiger partial charge in [-0.05, 0) is 17.7 Å². The molecule has 1 aromatic carbocycles. The predicted molar refractivity (Wildman–Crippen MR) is 72.6 cm³/mol. The maximum atomic E-state index is 11.9. The standard InChI is InChI=1S/C13H8ClN3O3/c14-11-3-1-9(2-4-11)7-16-8-12(17(19)20)5-10(6-15)13(16)18/h1-5,8H,7H2. The fourth-order valence-electron chi connectivity index (χ4n) is 1.70. The number of rotatable bonds is 3.